The lowest BCUT2D eigenvalue weighted by Crippen LogP contribution is -2.31. The average Bonchev–Trinajstić information content (AvgIpc) is 3.70. The average molecular weight is 521 g/mol. The highest BCUT2D eigenvalue weighted by Gasteiger charge is 2.52. The van der Waals surface area contributed by atoms with E-state index in [-0.39, 0.29) is 36.4 Å². The Labute approximate surface area is 227 Å². The van der Waals surface area contributed by atoms with Crippen molar-refractivity contribution in [2.45, 2.75) is 180 Å². The quantitative estimate of drug-likeness (QED) is 0.103. The van der Waals surface area contributed by atoms with Gasteiger partial charge in [-0.15, -0.1) is 0 Å². The van der Waals surface area contributed by atoms with Crippen LogP contribution in [-0.4, -0.2) is 36.4 Å². The Morgan fingerprint density at radius 3 is 1.62 bits per heavy atom. The molecule has 1 heterocycles. The zero-order valence-electron chi connectivity index (χ0n) is 24.1. The fourth-order valence-corrected chi connectivity index (χ4v) is 6.57. The Balaban J connectivity index is 1.45. The van der Waals surface area contributed by atoms with Gasteiger partial charge in [0.15, 0.2) is 0 Å². The van der Waals surface area contributed by atoms with Crippen LogP contribution in [0.4, 0.5) is 0 Å². The Hall–Kier alpha value is -1.10. The van der Waals surface area contributed by atoms with Crippen LogP contribution in [0, 0.1) is 11.8 Å². The molecule has 0 N–H and O–H groups in total. The molecule has 1 unspecified atom stereocenters. The topological polar surface area (TPSA) is 65.1 Å². The highest BCUT2D eigenvalue weighted by molar-refractivity contribution is 5.70. The Bertz CT molecular complexity index is 637. The van der Waals surface area contributed by atoms with Gasteiger partial charge in [0, 0.05) is 12.8 Å². The maximum absolute atomic E-state index is 12.9. The number of carbonyl (C=O) groups excluding carboxylic acids is 2. The summed E-state index contributed by atoms with van der Waals surface area (Å²) in [4.78, 5) is 25.5. The molecule has 0 aromatic rings. The molecule has 1 saturated heterocycles. The molecule has 0 spiro atoms. The van der Waals surface area contributed by atoms with Crippen LogP contribution in [0.1, 0.15) is 155 Å². The van der Waals surface area contributed by atoms with Crippen LogP contribution in [0.25, 0.3) is 0 Å². The van der Waals surface area contributed by atoms with Crippen molar-refractivity contribution >= 4 is 11.9 Å². The largest absolute Gasteiger partial charge is 0.459 e. The maximum Gasteiger partial charge on any atom is 0.306 e. The summed E-state index contributed by atoms with van der Waals surface area (Å²) in [5.41, 5.74) is 0. The molecule has 4 atom stereocenters. The van der Waals surface area contributed by atoms with Crippen molar-refractivity contribution in [2.75, 3.05) is 0 Å². The molecule has 5 nitrogen and oxygen atoms in total. The first-order valence-corrected chi connectivity index (χ1v) is 16.1. The van der Waals surface area contributed by atoms with Crippen LogP contribution >= 0.6 is 0 Å². The first-order chi connectivity index (χ1) is 18.1. The van der Waals surface area contributed by atoms with Gasteiger partial charge < -0.3 is 14.2 Å². The molecule has 5 heteroatoms. The van der Waals surface area contributed by atoms with Gasteiger partial charge in [0.1, 0.15) is 24.4 Å². The molecule has 2 saturated carbocycles. The smallest absolute Gasteiger partial charge is 0.306 e. The fourth-order valence-electron chi connectivity index (χ4n) is 6.57. The number of epoxide rings is 1. The van der Waals surface area contributed by atoms with Crippen molar-refractivity contribution in [1.29, 1.82) is 0 Å². The zero-order chi connectivity index (χ0) is 26.3. The van der Waals surface area contributed by atoms with Crippen molar-refractivity contribution in [2.24, 2.45) is 11.8 Å². The molecule has 3 fully saturated rings. The van der Waals surface area contributed by atoms with Gasteiger partial charge in [-0.2, -0.15) is 0 Å². The first-order valence-electron chi connectivity index (χ1n) is 16.1. The predicted molar refractivity (Wildman–Crippen MR) is 148 cm³/mol. The van der Waals surface area contributed by atoms with E-state index >= 15 is 0 Å². The number of hydrogen-bond donors (Lipinski definition) is 0. The van der Waals surface area contributed by atoms with E-state index in [2.05, 4.69) is 13.8 Å². The van der Waals surface area contributed by atoms with Crippen molar-refractivity contribution in [3.8, 4) is 0 Å². The highest BCUT2D eigenvalue weighted by Crippen LogP contribution is 2.36. The summed E-state index contributed by atoms with van der Waals surface area (Å²) >= 11 is 0. The van der Waals surface area contributed by atoms with E-state index in [4.69, 9.17) is 14.2 Å². The van der Waals surface area contributed by atoms with Crippen molar-refractivity contribution < 1.29 is 23.8 Å². The normalized spacial score (nSPS) is 24.4. The lowest BCUT2D eigenvalue weighted by molar-refractivity contribution is -0.153. The molecular weight excluding hydrogens is 464 g/mol. The molecule has 0 bridgehead atoms. The van der Waals surface area contributed by atoms with E-state index in [1.54, 1.807) is 0 Å². The zero-order valence-corrected chi connectivity index (χ0v) is 24.1. The SMILES string of the molecule is CCCCCCCCCCC(OC(=O)CC1CCCCC1)[C@H]1O[C@H]1[C@H](CC)OC(=O)CC1CCCCC1. The standard InChI is InChI=1S/C32H56O5/c1-3-5-6-7-8-9-10-17-22-28(36-30(34)24-26-20-15-12-16-21-26)32-31(37-32)27(4-2)35-29(33)23-25-18-13-11-14-19-25/h25-28,31-32H,3-24H2,1-2H3/t27-,28?,31-,32+/m0/s1. The summed E-state index contributed by atoms with van der Waals surface area (Å²) in [6, 6.07) is 0. The summed E-state index contributed by atoms with van der Waals surface area (Å²) in [6.45, 7) is 4.31. The third-order valence-electron chi connectivity index (χ3n) is 8.96. The Kier molecular flexibility index (Phi) is 14.4. The summed E-state index contributed by atoms with van der Waals surface area (Å²) in [6.07, 6.45) is 24.1. The van der Waals surface area contributed by atoms with Crippen LogP contribution in [0.3, 0.4) is 0 Å². The van der Waals surface area contributed by atoms with Crippen molar-refractivity contribution in [3.05, 3.63) is 0 Å². The maximum atomic E-state index is 12.9. The van der Waals surface area contributed by atoms with E-state index in [1.807, 2.05) is 0 Å². The molecule has 37 heavy (non-hydrogen) atoms. The number of hydrogen-bond acceptors (Lipinski definition) is 5. The molecule has 0 amide bonds. The summed E-state index contributed by atoms with van der Waals surface area (Å²) < 4.78 is 18.1. The van der Waals surface area contributed by atoms with Gasteiger partial charge in [-0.3, -0.25) is 9.59 Å². The van der Waals surface area contributed by atoms with Gasteiger partial charge in [-0.1, -0.05) is 97.3 Å². The lowest BCUT2D eigenvalue weighted by Gasteiger charge is -2.23. The summed E-state index contributed by atoms with van der Waals surface area (Å²) in [7, 11) is 0. The van der Waals surface area contributed by atoms with Crippen molar-refractivity contribution in [3.63, 3.8) is 0 Å². The molecular formula is C32H56O5. The second-order valence-corrected chi connectivity index (χ2v) is 12.2. The van der Waals surface area contributed by atoms with E-state index in [0.717, 1.165) is 44.9 Å². The molecule has 3 aliphatic rings. The molecule has 214 valence electrons. The summed E-state index contributed by atoms with van der Waals surface area (Å²) in [5.74, 6) is 0.810. The fraction of sp³-hybridized carbons (Fsp3) is 0.938. The monoisotopic (exact) mass is 520 g/mol. The Morgan fingerprint density at radius 2 is 1.11 bits per heavy atom. The molecule has 1 aliphatic heterocycles. The van der Waals surface area contributed by atoms with Gasteiger partial charge >= 0.3 is 11.9 Å². The minimum absolute atomic E-state index is 0.0620. The minimum Gasteiger partial charge on any atom is -0.459 e. The molecule has 2 aliphatic carbocycles. The van der Waals surface area contributed by atoms with E-state index in [1.165, 1.54) is 83.5 Å². The van der Waals surface area contributed by atoms with Crippen LogP contribution in [0.15, 0.2) is 0 Å². The third kappa shape index (κ3) is 11.7. The van der Waals surface area contributed by atoms with E-state index in [0.29, 0.717) is 24.7 Å². The van der Waals surface area contributed by atoms with Crippen LogP contribution < -0.4 is 0 Å². The van der Waals surface area contributed by atoms with Crippen molar-refractivity contribution in [1.82, 2.24) is 0 Å². The van der Waals surface area contributed by atoms with Gasteiger partial charge in [0.05, 0.1) is 0 Å². The number of ether oxygens (including phenoxy) is 3. The molecule has 3 rings (SSSR count). The number of unbranched alkanes of at least 4 members (excludes halogenated alkanes) is 7. The molecule has 0 aromatic heterocycles. The molecule has 0 aromatic carbocycles. The molecule has 0 radical (unpaired) electrons. The number of rotatable bonds is 18. The van der Waals surface area contributed by atoms with Crippen LogP contribution in [0.5, 0.6) is 0 Å². The Morgan fingerprint density at radius 1 is 0.649 bits per heavy atom. The summed E-state index contributed by atoms with van der Waals surface area (Å²) in [5, 5.41) is 0. The number of carbonyl (C=O) groups is 2. The minimum atomic E-state index is -0.237. The lowest BCUT2D eigenvalue weighted by atomic mass is 9.87. The second kappa shape index (κ2) is 17.5. The van der Waals surface area contributed by atoms with Gasteiger partial charge in [0.2, 0.25) is 0 Å². The third-order valence-corrected chi connectivity index (χ3v) is 8.96. The predicted octanol–water partition coefficient (Wildman–Crippen LogP) is 8.46. The second-order valence-electron chi connectivity index (χ2n) is 12.2. The number of esters is 2. The van der Waals surface area contributed by atoms with E-state index in [9.17, 15) is 9.59 Å². The van der Waals surface area contributed by atoms with Gasteiger partial charge in [-0.25, -0.2) is 0 Å². The van der Waals surface area contributed by atoms with Gasteiger partial charge in [-0.05, 0) is 56.8 Å². The first kappa shape index (κ1) is 30.4. The highest BCUT2D eigenvalue weighted by atomic mass is 16.7. The van der Waals surface area contributed by atoms with E-state index < -0.39 is 0 Å². The van der Waals surface area contributed by atoms with Gasteiger partial charge in [0.25, 0.3) is 0 Å². The van der Waals surface area contributed by atoms with Crippen LogP contribution in [0.2, 0.25) is 0 Å². The van der Waals surface area contributed by atoms with Crippen LogP contribution in [-0.2, 0) is 23.8 Å².